The van der Waals surface area contributed by atoms with Crippen molar-refractivity contribution in [3.05, 3.63) is 26.6 Å². The van der Waals surface area contributed by atoms with Crippen LogP contribution in [0.4, 0.5) is 0 Å². The molecule has 6 nitrogen and oxygen atoms in total. The topological polar surface area (TPSA) is 78.1 Å². The summed E-state index contributed by atoms with van der Waals surface area (Å²) in [5.74, 6) is 0.631. The number of aromatic amines is 1. The highest BCUT2D eigenvalue weighted by molar-refractivity contribution is 7.18. The van der Waals surface area contributed by atoms with Gasteiger partial charge in [0.25, 0.3) is 5.56 Å². The molecule has 0 aromatic carbocycles. The van der Waals surface area contributed by atoms with E-state index in [2.05, 4.69) is 15.3 Å². The second-order valence-corrected chi connectivity index (χ2v) is 7.24. The fraction of sp³-hybridized carbons (Fsp3) is 0.588. The van der Waals surface area contributed by atoms with E-state index in [1.165, 1.54) is 16.9 Å². The molecule has 24 heavy (non-hydrogen) atoms. The van der Waals surface area contributed by atoms with Gasteiger partial charge in [0.15, 0.2) is 0 Å². The highest BCUT2D eigenvalue weighted by Gasteiger charge is 2.20. The third kappa shape index (κ3) is 3.52. The number of fused-ring (bicyclic) bond motifs is 3. The molecule has 7 heteroatoms. The highest BCUT2D eigenvalue weighted by Crippen LogP contribution is 2.33. The van der Waals surface area contributed by atoms with Gasteiger partial charge in [0.1, 0.15) is 10.7 Å². The lowest BCUT2D eigenvalue weighted by Gasteiger charge is -2.18. The van der Waals surface area contributed by atoms with E-state index >= 15 is 0 Å². The molecule has 0 atom stereocenters. The molecule has 0 saturated heterocycles. The maximum Gasteiger partial charge on any atom is 0.259 e. The van der Waals surface area contributed by atoms with Crippen LogP contribution in [0.5, 0.6) is 0 Å². The normalized spacial score (nSPS) is 14.1. The average molecular weight is 348 g/mol. The summed E-state index contributed by atoms with van der Waals surface area (Å²) in [5.41, 5.74) is 1.17. The van der Waals surface area contributed by atoms with Crippen molar-refractivity contribution in [1.29, 1.82) is 0 Å². The quantitative estimate of drug-likeness (QED) is 0.835. The largest absolute Gasteiger partial charge is 0.355 e. The zero-order valence-corrected chi connectivity index (χ0v) is 15.1. The van der Waals surface area contributed by atoms with Crippen LogP contribution >= 0.6 is 11.3 Å². The Bertz CT molecular complexity index is 796. The van der Waals surface area contributed by atoms with E-state index in [1.807, 2.05) is 18.7 Å². The molecule has 2 heterocycles. The lowest BCUT2D eigenvalue weighted by Crippen LogP contribution is -2.37. The van der Waals surface area contributed by atoms with E-state index in [4.69, 9.17) is 0 Å². The van der Waals surface area contributed by atoms with Crippen LogP contribution < -0.4 is 10.9 Å². The van der Waals surface area contributed by atoms with Crippen LogP contribution in [0.2, 0.25) is 0 Å². The molecule has 0 aliphatic heterocycles. The second kappa shape index (κ2) is 7.44. The zero-order valence-electron chi connectivity index (χ0n) is 14.3. The lowest BCUT2D eigenvalue weighted by molar-refractivity contribution is -0.122. The number of rotatable bonds is 6. The van der Waals surface area contributed by atoms with Crippen molar-refractivity contribution in [1.82, 2.24) is 20.2 Å². The fourth-order valence-electron chi connectivity index (χ4n) is 3.23. The summed E-state index contributed by atoms with van der Waals surface area (Å²) in [7, 11) is 0. The van der Waals surface area contributed by atoms with Crippen molar-refractivity contribution >= 4 is 27.5 Å². The smallest absolute Gasteiger partial charge is 0.259 e. The van der Waals surface area contributed by atoms with Gasteiger partial charge in [0.05, 0.1) is 18.5 Å². The molecule has 1 amide bonds. The summed E-state index contributed by atoms with van der Waals surface area (Å²) in [4.78, 5) is 36.0. The molecule has 2 N–H and O–H groups in total. The summed E-state index contributed by atoms with van der Waals surface area (Å²) in [6.07, 6.45) is 4.39. The molecule has 2 aromatic heterocycles. The van der Waals surface area contributed by atoms with Crippen LogP contribution in [-0.4, -0.2) is 40.4 Å². The Balaban J connectivity index is 1.85. The van der Waals surface area contributed by atoms with Gasteiger partial charge in [-0.25, -0.2) is 4.98 Å². The van der Waals surface area contributed by atoms with Gasteiger partial charge in [-0.1, -0.05) is 6.92 Å². The Kier molecular flexibility index (Phi) is 5.30. The monoisotopic (exact) mass is 348 g/mol. The van der Waals surface area contributed by atoms with E-state index in [0.717, 1.165) is 36.0 Å². The van der Waals surface area contributed by atoms with Crippen LogP contribution in [0.1, 0.15) is 43.0 Å². The van der Waals surface area contributed by atoms with Gasteiger partial charge < -0.3 is 10.3 Å². The van der Waals surface area contributed by atoms with Gasteiger partial charge in [-0.05, 0) is 44.7 Å². The summed E-state index contributed by atoms with van der Waals surface area (Å²) < 4.78 is 0. The van der Waals surface area contributed by atoms with Crippen molar-refractivity contribution in [2.24, 2.45) is 0 Å². The number of hydrogen-bond donors (Lipinski definition) is 2. The van der Waals surface area contributed by atoms with Crippen molar-refractivity contribution in [2.45, 2.75) is 46.1 Å². The van der Waals surface area contributed by atoms with Crippen molar-refractivity contribution < 1.29 is 4.79 Å². The molecule has 1 aliphatic rings. The Morgan fingerprint density at radius 3 is 2.88 bits per heavy atom. The molecule has 130 valence electrons. The maximum atomic E-state index is 12.5. The van der Waals surface area contributed by atoms with Gasteiger partial charge in [-0.2, -0.15) is 0 Å². The number of likely N-dealkylation sites (N-methyl/N-ethyl adjacent to an activating group) is 2. The number of thiophene rings is 1. The van der Waals surface area contributed by atoms with Gasteiger partial charge >= 0.3 is 0 Å². The minimum absolute atomic E-state index is 0.00522. The van der Waals surface area contributed by atoms with Gasteiger partial charge in [-0.15, -0.1) is 11.3 Å². The van der Waals surface area contributed by atoms with E-state index in [-0.39, 0.29) is 11.5 Å². The van der Waals surface area contributed by atoms with E-state index in [0.29, 0.717) is 25.5 Å². The molecule has 2 aromatic rings. The van der Waals surface area contributed by atoms with Crippen LogP contribution in [0.3, 0.4) is 0 Å². The minimum atomic E-state index is -0.0385. The van der Waals surface area contributed by atoms with Gasteiger partial charge in [-0.3, -0.25) is 14.5 Å². The number of nitrogens with zero attached hydrogens (tertiary/aromatic N) is 2. The number of carbonyl (C=O) groups is 1. The Hall–Kier alpha value is -1.73. The average Bonchev–Trinajstić information content (AvgIpc) is 2.93. The predicted molar refractivity (Wildman–Crippen MR) is 96.5 cm³/mol. The van der Waals surface area contributed by atoms with Gasteiger partial charge in [0, 0.05) is 11.4 Å². The number of nitrogens with one attached hydrogen (secondary N) is 2. The Morgan fingerprint density at radius 1 is 1.33 bits per heavy atom. The van der Waals surface area contributed by atoms with Crippen molar-refractivity contribution in [2.75, 3.05) is 19.6 Å². The van der Waals surface area contributed by atoms with Crippen molar-refractivity contribution in [3.63, 3.8) is 0 Å². The molecule has 0 bridgehead atoms. The van der Waals surface area contributed by atoms with E-state index < -0.39 is 0 Å². The van der Waals surface area contributed by atoms with E-state index in [1.54, 1.807) is 11.3 Å². The molecule has 0 unspecified atom stereocenters. The molecular formula is C17H24N4O2S. The molecule has 0 spiro atoms. The molecule has 0 radical (unpaired) electrons. The summed E-state index contributed by atoms with van der Waals surface area (Å²) in [6, 6.07) is 0. The maximum absolute atomic E-state index is 12.5. The molecule has 1 aliphatic carbocycles. The number of aryl methyl sites for hydroxylation is 2. The number of carbonyl (C=O) groups excluding carboxylic acids is 1. The van der Waals surface area contributed by atoms with Crippen LogP contribution in [0.25, 0.3) is 10.2 Å². The minimum Gasteiger partial charge on any atom is -0.355 e. The predicted octanol–water partition coefficient (Wildman–Crippen LogP) is 1.82. The molecule has 3 rings (SSSR count). The first-order chi connectivity index (χ1) is 11.6. The summed E-state index contributed by atoms with van der Waals surface area (Å²) in [5, 5.41) is 3.58. The SMILES string of the molecule is CCNC(=O)CN(CC)Cc1nc2sc3c(c2c(=O)[nH]1)CCCC3. The first-order valence-corrected chi connectivity index (χ1v) is 9.46. The van der Waals surface area contributed by atoms with Crippen LogP contribution in [-0.2, 0) is 24.2 Å². The lowest BCUT2D eigenvalue weighted by atomic mass is 9.97. The van der Waals surface area contributed by atoms with Crippen molar-refractivity contribution in [3.8, 4) is 0 Å². The third-order valence-electron chi connectivity index (χ3n) is 4.44. The third-order valence-corrected chi connectivity index (χ3v) is 5.62. The second-order valence-electron chi connectivity index (χ2n) is 6.16. The Labute approximate surface area is 145 Å². The summed E-state index contributed by atoms with van der Waals surface area (Å²) >= 11 is 1.66. The summed E-state index contributed by atoms with van der Waals surface area (Å²) in [6.45, 7) is 6.03. The van der Waals surface area contributed by atoms with Gasteiger partial charge in [0.2, 0.25) is 5.91 Å². The number of aromatic nitrogens is 2. The first kappa shape index (κ1) is 17.1. The molecule has 0 fully saturated rings. The fourth-order valence-corrected chi connectivity index (χ4v) is 4.51. The zero-order chi connectivity index (χ0) is 17.1. The van der Waals surface area contributed by atoms with E-state index in [9.17, 15) is 9.59 Å². The first-order valence-electron chi connectivity index (χ1n) is 8.64. The highest BCUT2D eigenvalue weighted by atomic mass is 32.1. The number of amides is 1. The van der Waals surface area contributed by atoms with Crippen LogP contribution in [0.15, 0.2) is 4.79 Å². The molecule has 0 saturated carbocycles. The number of hydrogen-bond acceptors (Lipinski definition) is 5. The Morgan fingerprint density at radius 2 is 2.12 bits per heavy atom. The standard InChI is InChI=1S/C17H24N4O2S/c1-3-18-14(22)10-21(4-2)9-13-19-16(23)15-11-7-5-6-8-12(11)24-17(15)20-13/h3-10H2,1-2H3,(H,18,22)(H,19,20,23). The number of H-pyrrole nitrogens is 1. The molecular weight excluding hydrogens is 324 g/mol. The van der Waals surface area contributed by atoms with Crippen LogP contribution in [0, 0.1) is 0 Å².